The molecule has 2 aromatic rings. The van der Waals surface area contributed by atoms with Crippen LogP contribution >= 0.6 is 0 Å². The van der Waals surface area contributed by atoms with Crippen LogP contribution in [0.15, 0.2) is 42.6 Å². The molecule has 1 amide bonds. The van der Waals surface area contributed by atoms with E-state index in [2.05, 4.69) is 33.4 Å². The predicted octanol–water partition coefficient (Wildman–Crippen LogP) is 1.37. The van der Waals surface area contributed by atoms with Crippen LogP contribution in [-0.2, 0) is 13.0 Å². The fraction of sp³-hybridized carbons (Fsp3) is 0.294. The Kier molecular flexibility index (Phi) is 4.34. The first-order valence-corrected chi connectivity index (χ1v) is 7.45. The van der Waals surface area contributed by atoms with Crippen LogP contribution in [0.25, 0.3) is 0 Å². The molecule has 1 aliphatic rings. The summed E-state index contributed by atoms with van der Waals surface area (Å²) in [6.45, 7) is 1.77. The van der Waals surface area contributed by atoms with E-state index in [1.54, 1.807) is 18.3 Å². The topological polar surface area (TPSA) is 65.5 Å². The number of anilines is 1. The van der Waals surface area contributed by atoms with Crippen molar-refractivity contribution in [3.8, 4) is 0 Å². The molecule has 0 atom stereocenters. The third-order valence-electron chi connectivity index (χ3n) is 3.86. The van der Waals surface area contributed by atoms with E-state index in [0.29, 0.717) is 11.4 Å². The second kappa shape index (κ2) is 6.58. The monoisotopic (exact) mass is 297 g/mol. The van der Waals surface area contributed by atoms with Crippen LogP contribution in [0.3, 0.4) is 0 Å². The van der Waals surface area contributed by atoms with E-state index in [0.717, 1.165) is 19.5 Å². The molecule has 2 N–H and O–H groups in total. The Morgan fingerprint density at radius 3 is 2.86 bits per heavy atom. The first kappa shape index (κ1) is 14.5. The van der Waals surface area contributed by atoms with Crippen molar-refractivity contribution in [2.24, 2.45) is 0 Å². The highest BCUT2D eigenvalue weighted by atomic mass is 16.3. The molecule has 3 rings (SSSR count). The minimum absolute atomic E-state index is 0.0710. The maximum absolute atomic E-state index is 12.2. The molecule has 0 bridgehead atoms. The van der Waals surface area contributed by atoms with Crippen LogP contribution in [-0.4, -0.2) is 35.7 Å². The number of carbonyl (C=O) groups excluding carboxylic acids is 1. The maximum Gasteiger partial charge on any atom is 0.255 e. The number of pyridine rings is 1. The van der Waals surface area contributed by atoms with Gasteiger partial charge in [0, 0.05) is 25.8 Å². The van der Waals surface area contributed by atoms with E-state index in [1.807, 2.05) is 6.07 Å². The Balaban J connectivity index is 1.85. The van der Waals surface area contributed by atoms with Crippen molar-refractivity contribution in [3.05, 3.63) is 59.3 Å². The van der Waals surface area contributed by atoms with Gasteiger partial charge in [0.25, 0.3) is 5.91 Å². The van der Waals surface area contributed by atoms with Crippen molar-refractivity contribution in [1.82, 2.24) is 10.3 Å². The van der Waals surface area contributed by atoms with Crippen molar-refractivity contribution in [2.75, 3.05) is 24.6 Å². The zero-order valence-electron chi connectivity index (χ0n) is 12.3. The number of hydrogen-bond donors (Lipinski definition) is 2. The fourth-order valence-corrected chi connectivity index (χ4v) is 2.77. The average molecular weight is 297 g/mol. The summed E-state index contributed by atoms with van der Waals surface area (Å²) in [5.41, 5.74) is 3.19. The summed E-state index contributed by atoms with van der Waals surface area (Å²) in [6.07, 6.45) is 2.66. The van der Waals surface area contributed by atoms with E-state index in [4.69, 9.17) is 5.11 Å². The molecule has 114 valence electrons. The highest BCUT2D eigenvalue weighted by molar-refractivity contribution is 5.98. The normalized spacial score (nSPS) is 13.6. The highest BCUT2D eigenvalue weighted by Gasteiger charge is 2.21. The zero-order valence-corrected chi connectivity index (χ0v) is 12.3. The quantitative estimate of drug-likeness (QED) is 0.894. The highest BCUT2D eigenvalue weighted by Crippen LogP contribution is 2.25. The molecule has 0 aliphatic carbocycles. The molecule has 1 aliphatic heterocycles. The standard InChI is InChI=1S/C17H19N3O2/c21-11-9-19-17(22)15-6-3-8-18-16(15)20-10-7-13-4-1-2-5-14(13)12-20/h1-6,8,21H,7,9-12H2,(H,19,22). The molecule has 1 aromatic carbocycles. The lowest BCUT2D eigenvalue weighted by Gasteiger charge is -2.30. The average Bonchev–Trinajstić information content (AvgIpc) is 2.59. The van der Waals surface area contributed by atoms with Gasteiger partial charge in [-0.25, -0.2) is 4.98 Å². The molecule has 0 unspecified atom stereocenters. The molecule has 0 saturated heterocycles. The molecule has 5 heteroatoms. The number of fused-ring (bicyclic) bond motifs is 1. The molecule has 22 heavy (non-hydrogen) atoms. The molecule has 5 nitrogen and oxygen atoms in total. The van der Waals surface area contributed by atoms with E-state index < -0.39 is 0 Å². The van der Waals surface area contributed by atoms with Gasteiger partial charge < -0.3 is 15.3 Å². The van der Waals surface area contributed by atoms with Gasteiger partial charge in [-0.05, 0) is 29.7 Å². The summed E-state index contributed by atoms with van der Waals surface area (Å²) in [7, 11) is 0. The molecule has 0 saturated carbocycles. The van der Waals surface area contributed by atoms with Crippen LogP contribution in [0.1, 0.15) is 21.5 Å². The van der Waals surface area contributed by atoms with Crippen molar-refractivity contribution in [1.29, 1.82) is 0 Å². The molecular formula is C17H19N3O2. The Bertz CT molecular complexity index is 672. The second-order valence-corrected chi connectivity index (χ2v) is 5.29. The van der Waals surface area contributed by atoms with Gasteiger partial charge in [0.1, 0.15) is 5.82 Å². The Hall–Kier alpha value is -2.40. The first-order chi connectivity index (χ1) is 10.8. The van der Waals surface area contributed by atoms with Gasteiger partial charge in [-0.3, -0.25) is 4.79 Å². The minimum atomic E-state index is -0.198. The third-order valence-corrected chi connectivity index (χ3v) is 3.86. The van der Waals surface area contributed by atoms with Gasteiger partial charge in [-0.1, -0.05) is 24.3 Å². The summed E-state index contributed by atoms with van der Waals surface area (Å²) >= 11 is 0. The lowest BCUT2D eigenvalue weighted by Crippen LogP contribution is -2.34. The van der Waals surface area contributed by atoms with Gasteiger partial charge in [-0.2, -0.15) is 0 Å². The summed E-state index contributed by atoms with van der Waals surface area (Å²) < 4.78 is 0. The van der Waals surface area contributed by atoms with Crippen molar-refractivity contribution in [2.45, 2.75) is 13.0 Å². The number of benzene rings is 1. The zero-order chi connectivity index (χ0) is 15.4. The SMILES string of the molecule is O=C(NCCO)c1cccnc1N1CCc2ccccc2C1. The fourth-order valence-electron chi connectivity index (χ4n) is 2.77. The number of aromatic nitrogens is 1. The number of nitrogens with zero attached hydrogens (tertiary/aromatic N) is 2. The van der Waals surface area contributed by atoms with Gasteiger partial charge in [0.05, 0.1) is 12.2 Å². The van der Waals surface area contributed by atoms with Crippen molar-refractivity contribution < 1.29 is 9.90 Å². The molecule has 0 spiro atoms. The van der Waals surface area contributed by atoms with Gasteiger partial charge in [0.15, 0.2) is 0 Å². The van der Waals surface area contributed by atoms with Crippen LogP contribution in [0.4, 0.5) is 5.82 Å². The van der Waals surface area contributed by atoms with Crippen LogP contribution in [0.2, 0.25) is 0 Å². The number of hydrogen-bond acceptors (Lipinski definition) is 4. The van der Waals surface area contributed by atoms with E-state index in [1.165, 1.54) is 11.1 Å². The molecule has 2 heterocycles. The second-order valence-electron chi connectivity index (χ2n) is 5.29. The maximum atomic E-state index is 12.2. The Morgan fingerprint density at radius 1 is 1.23 bits per heavy atom. The van der Waals surface area contributed by atoms with Gasteiger partial charge in [-0.15, -0.1) is 0 Å². The van der Waals surface area contributed by atoms with Crippen molar-refractivity contribution >= 4 is 11.7 Å². The summed E-state index contributed by atoms with van der Waals surface area (Å²) in [5.74, 6) is 0.503. The lowest BCUT2D eigenvalue weighted by atomic mass is 9.99. The first-order valence-electron chi connectivity index (χ1n) is 7.45. The molecule has 0 radical (unpaired) electrons. The Labute approximate surface area is 129 Å². The Morgan fingerprint density at radius 2 is 2.05 bits per heavy atom. The number of amides is 1. The summed E-state index contributed by atoms with van der Waals surface area (Å²) in [4.78, 5) is 18.8. The molecular weight excluding hydrogens is 278 g/mol. The largest absolute Gasteiger partial charge is 0.395 e. The minimum Gasteiger partial charge on any atom is -0.395 e. The summed E-state index contributed by atoms with van der Waals surface area (Å²) in [5, 5.41) is 11.5. The van der Waals surface area contributed by atoms with E-state index >= 15 is 0 Å². The van der Waals surface area contributed by atoms with Crippen LogP contribution < -0.4 is 10.2 Å². The number of aliphatic hydroxyl groups is 1. The third kappa shape index (κ3) is 2.94. The van der Waals surface area contributed by atoms with Crippen LogP contribution in [0, 0.1) is 0 Å². The molecule has 0 fully saturated rings. The number of aliphatic hydroxyl groups excluding tert-OH is 1. The van der Waals surface area contributed by atoms with E-state index in [9.17, 15) is 4.79 Å². The van der Waals surface area contributed by atoms with Gasteiger partial charge in [0.2, 0.25) is 0 Å². The predicted molar refractivity (Wildman–Crippen MR) is 84.9 cm³/mol. The smallest absolute Gasteiger partial charge is 0.255 e. The molecule has 1 aromatic heterocycles. The van der Waals surface area contributed by atoms with Crippen LogP contribution in [0.5, 0.6) is 0 Å². The van der Waals surface area contributed by atoms with E-state index in [-0.39, 0.29) is 19.1 Å². The lowest BCUT2D eigenvalue weighted by molar-refractivity contribution is 0.0945. The number of nitrogens with one attached hydrogen (secondary N) is 1. The van der Waals surface area contributed by atoms with Crippen molar-refractivity contribution in [3.63, 3.8) is 0 Å². The number of carbonyl (C=O) groups is 1. The van der Waals surface area contributed by atoms with Gasteiger partial charge >= 0.3 is 0 Å². The number of rotatable bonds is 4. The summed E-state index contributed by atoms with van der Waals surface area (Å²) in [6, 6.07) is 11.9.